The van der Waals surface area contributed by atoms with E-state index in [-0.39, 0.29) is 0 Å². The fraction of sp³-hybridized carbons (Fsp3) is 0.455. The van der Waals surface area contributed by atoms with Gasteiger partial charge >= 0.3 is 0 Å². The third-order valence-corrected chi connectivity index (χ3v) is 2.89. The van der Waals surface area contributed by atoms with E-state index in [4.69, 9.17) is 18.0 Å². The summed E-state index contributed by atoms with van der Waals surface area (Å²) in [6.45, 7) is 4.15. The number of rotatable bonds is 2. The van der Waals surface area contributed by atoms with Crippen molar-refractivity contribution in [1.82, 2.24) is 4.98 Å². The summed E-state index contributed by atoms with van der Waals surface area (Å²) in [5.74, 6) is 1.01. The van der Waals surface area contributed by atoms with Crippen molar-refractivity contribution in [2.45, 2.75) is 19.8 Å². The second kappa shape index (κ2) is 4.14. The molecule has 0 amide bonds. The average molecular weight is 221 g/mol. The maximum absolute atomic E-state index is 5.64. The zero-order valence-electron chi connectivity index (χ0n) is 8.86. The van der Waals surface area contributed by atoms with E-state index in [0.29, 0.717) is 4.99 Å². The Morgan fingerprint density at radius 2 is 2.07 bits per heavy atom. The molecule has 0 unspecified atom stereocenters. The molecule has 0 spiro atoms. The minimum atomic E-state index is 0.445. The Balaban J connectivity index is 2.34. The van der Waals surface area contributed by atoms with Crippen LogP contribution in [0.15, 0.2) is 12.1 Å². The van der Waals surface area contributed by atoms with Gasteiger partial charge in [-0.3, -0.25) is 0 Å². The van der Waals surface area contributed by atoms with Crippen LogP contribution in [0.4, 0.5) is 5.82 Å². The summed E-state index contributed by atoms with van der Waals surface area (Å²) < 4.78 is 0. The van der Waals surface area contributed by atoms with Gasteiger partial charge in [-0.1, -0.05) is 12.2 Å². The first kappa shape index (κ1) is 10.4. The number of aryl methyl sites for hydroxylation is 1. The summed E-state index contributed by atoms with van der Waals surface area (Å²) >= 11 is 4.99. The number of hydrogen-bond acceptors (Lipinski definition) is 3. The minimum absolute atomic E-state index is 0.445. The third-order valence-electron chi connectivity index (χ3n) is 2.65. The summed E-state index contributed by atoms with van der Waals surface area (Å²) in [5.41, 5.74) is 7.53. The molecular formula is C11H15N3S. The van der Waals surface area contributed by atoms with Gasteiger partial charge in [-0.25, -0.2) is 4.98 Å². The Morgan fingerprint density at radius 1 is 1.40 bits per heavy atom. The average Bonchev–Trinajstić information content (AvgIpc) is 2.69. The molecule has 1 saturated heterocycles. The summed E-state index contributed by atoms with van der Waals surface area (Å²) in [7, 11) is 0. The fourth-order valence-corrected chi connectivity index (χ4v) is 2.02. The van der Waals surface area contributed by atoms with Crippen LogP contribution >= 0.6 is 12.2 Å². The van der Waals surface area contributed by atoms with Crippen LogP contribution in [0.25, 0.3) is 0 Å². The molecule has 3 nitrogen and oxygen atoms in total. The molecule has 0 saturated carbocycles. The Hall–Kier alpha value is -1.16. The van der Waals surface area contributed by atoms with Crippen molar-refractivity contribution >= 4 is 23.0 Å². The van der Waals surface area contributed by atoms with Gasteiger partial charge in [0.1, 0.15) is 10.8 Å². The monoisotopic (exact) mass is 221 g/mol. The molecule has 0 bridgehead atoms. The maximum Gasteiger partial charge on any atom is 0.129 e. The van der Waals surface area contributed by atoms with Gasteiger partial charge in [-0.15, -0.1) is 0 Å². The third kappa shape index (κ3) is 2.26. The highest BCUT2D eigenvalue weighted by atomic mass is 32.1. The molecule has 1 aliphatic heterocycles. The fourth-order valence-electron chi connectivity index (χ4n) is 1.90. The highest BCUT2D eigenvalue weighted by Gasteiger charge is 2.14. The van der Waals surface area contributed by atoms with Gasteiger partial charge in [0.15, 0.2) is 0 Å². The van der Waals surface area contributed by atoms with E-state index in [1.54, 1.807) is 0 Å². The van der Waals surface area contributed by atoms with Gasteiger partial charge in [0.05, 0.1) is 0 Å². The predicted molar refractivity (Wildman–Crippen MR) is 66.3 cm³/mol. The van der Waals surface area contributed by atoms with Crippen LogP contribution in [0.3, 0.4) is 0 Å². The molecule has 2 rings (SSSR count). The van der Waals surface area contributed by atoms with Crippen LogP contribution < -0.4 is 10.6 Å². The lowest BCUT2D eigenvalue weighted by Crippen LogP contribution is -2.20. The first-order valence-electron chi connectivity index (χ1n) is 5.20. The second-order valence-electron chi connectivity index (χ2n) is 3.91. The molecule has 2 heterocycles. The normalized spacial score (nSPS) is 15.7. The van der Waals surface area contributed by atoms with E-state index >= 15 is 0 Å². The molecule has 15 heavy (non-hydrogen) atoms. The van der Waals surface area contributed by atoms with Crippen LogP contribution in [0.1, 0.15) is 24.1 Å². The molecule has 1 fully saturated rings. The van der Waals surface area contributed by atoms with E-state index < -0.39 is 0 Å². The molecular weight excluding hydrogens is 206 g/mol. The summed E-state index contributed by atoms with van der Waals surface area (Å²) in [5, 5.41) is 0. The summed E-state index contributed by atoms with van der Waals surface area (Å²) in [4.78, 5) is 7.24. The lowest BCUT2D eigenvalue weighted by molar-refractivity contribution is 0.929. The number of thiocarbonyl (C=S) groups is 1. The smallest absolute Gasteiger partial charge is 0.129 e. The molecule has 0 aromatic carbocycles. The van der Waals surface area contributed by atoms with Crippen LogP contribution in [0.5, 0.6) is 0 Å². The first-order valence-corrected chi connectivity index (χ1v) is 5.61. The Morgan fingerprint density at radius 3 is 2.67 bits per heavy atom. The molecule has 1 aromatic rings. The molecule has 2 N–H and O–H groups in total. The first-order chi connectivity index (χ1) is 7.16. The maximum atomic E-state index is 5.64. The number of hydrogen-bond donors (Lipinski definition) is 1. The van der Waals surface area contributed by atoms with Crippen LogP contribution in [0.2, 0.25) is 0 Å². The van der Waals surface area contributed by atoms with E-state index in [0.717, 1.165) is 30.2 Å². The predicted octanol–water partition coefficient (Wildman–Crippen LogP) is 1.62. The Kier molecular flexibility index (Phi) is 2.86. The van der Waals surface area contributed by atoms with Crippen LogP contribution in [-0.2, 0) is 0 Å². The van der Waals surface area contributed by atoms with Gasteiger partial charge in [-0.05, 0) is 31.9 Å². The van der Waals surface area contributed by atoms with Gasteiger partial charge in [-0.2, -0.15) is 0 Å². The van der Waals surface area contributed by atoms with Crippen molar-refractivity contribution in [2.24, 2.45) is 5.73 Å². The minimum Gasteiger partial charge on any atom is -0.389 e. The largest absolute Gasteiger partial charge is 0.389 e. The Labute approximate surface area is 95.3 Å². The molecule has 1 aromatic heterocycles. The van der Waals surface area contributed by atoms with Crippen molar-refractivity contribution in [3.63, 3.8) is 0 Å². The number of nitrogens with zero attached hydrogens (tertiary/aromatic N) is 2. The SMILES string of the molecule is Cc1cc(C(N)=S)cc(N2CCCC2)n1. The molecule has 0 aliphatic carbocycles. The summed E-state index contributed by atoms with van der Waals surface area (Å²) in [6.07, 6.45) is 2.50. The zero-order valence-corrected chi connectivity index (χ0v) is 9.68. The van der Waals surface area contributed by atoms with Gasteiger partial charge in [0.25, 0.3) is 0 Å². The highest BCUT2D eigenvalue weighted by Crippen LogP contribution is 2.19. The van der Waals surface area contributed by atoms with Crippen molar-refractivity contribution in [1.29, 1.82) is 0 Å². The lowest BCUT2D eigenvalue weighted by atomic mass is 10.2. The van der Waals surface area contributed by atoms with Crippen LogP contribution in [-0.4, -0.2) is 23.1 Å². The van der Waals surface area contributed by atoms with Crippen molar-refractivity contribution < 1.29 is 0 Å². The van der Waals surface area contributed by atoms with Crippen LogP contribution in [0, 0.1) is 6.92 Å². The van der Waals surface area contributed by atoms with E-state index in [1.807, 2.05) is 19.1 Å². The zero-order chi connectivity index (χ0) is 10.8. The highest BCUT2D eigenvalue weighted by molar-refractivity contribution is 7.80. The number of pyridine rings is 1. The quantitative estimate of drug-likeness (QED) is 0.771. The Bertz CT molecular complexity index is 383. The van der Waals surface area contributed by atoms with E-state index in [1.165, 1.54) is 12.8 Å². The van der Waals surface area contributed by atoms with E-state index in [9.17, 15) is 0 Å². The van der Waals surface area contributed by atoms with Gasteiger partial charge < -0.3 is 10.6 Å². The van der Waals surface area contributed by atoms with Crippen molar-refractivity contribution in [2.75, 3.05) is 18.0 Å². The summed E-state index contributed by atoms with van der Waals surface area (Å²) in [6, 6.07) is 3.92. The van der Waals surface area contributed by atoms with Crippen molar-refractivity contribution in [3.05, 3.63) is 23.4 Å². The lowest BCUT2D eigenvalue weighted by Gasteiger charge is -2.17. The molecule has 0 radical (unpaired) electrons. The number of aromatic nitrogens is 1. The number of nitrogens with two attached hydrogens (primary N) is 1. The van der Waals surface area contributed by atoms with Gasteiger partial charge in [0, 0.05) is 24.3 Å². The van der Waals surface area contributed by atoms with Crippen molar-refractivity contribution in [3.8, 4) is 0 Å². The number of anilines is 1. The molecule has 1 aliphatic rings. The van der Waals surface area contributed by atoms with E-state index in [2.05, 4.69) is 9.88 Å². The van der Waals surface area contributed by atoms with Gasteiger partial charge in [0.2, 0.25) is 0 Å². The molecule has 80 valence electrons. The second-order valence-corrected chi connectivity index (χ2v) is 4.35. The topological polar surface area (TPSA) is 42.1 Å². The molecule has 4 heteroatoms. The standard InChI is InChI=1S/C11H15N3S/c1-8-6-9(11(12)15)7-10(13-8)14-4-2-3-5-14/h6-7H,2-5H2,1H3,(H2,12,15). The molecule has 0 atom stereocenters.